The van der Waals surface area contributed by atoms with Crippen LogP contribution in [0.2, 0.25) is 10.0 Å². The zero-order chi connectivity index (χ0) is 21.5. The molecule has 4 nitrogen and oxygen atoms in total. The first kappa shape index (κ1) is 20.5. The first-order chi connectivity index (χ1) is 14.3. The predicted molar refractivity (Wildman–Crippen MR) is 120 cm³/mol. The average Bonchev–Trinajstić information content (AvgIpc) is 3.02. The topological polar surface area (TPSA) is 63.3 Å². The molecule has 0 unspecified atom stereocenters. The molecule has 0 bridgehead atoms. The van der Waals surface area contributed by atoms with Gasteiger partial charge in [-0.3, -0.25) is 0 Å². The molecule has 0 aliphatic carbocycles. The van der Waals surface area contributed by atoms with Crippen LogP contribution < -0.4 is 0 Å². The Kier molecular flexibility index (Phi) is 5.31. The Morgan fingerprint density at radius 2 is 1.77 bits per heavy atom. The summed E-state index contributed by atoms with van der Waals surface area (Å²) in [6.07, 6.45) is 1.11. The number of carbonyl (C=O) groups excluding carboxylic acids is 1. The van der Waals surface area contributed by atoms with E-state index < -0.39 is 5.41 Å². The van der Waals surface area contributed by atoms with Gasteiger partial charge in [-0.15, -0.1) is 0 Å². The minimum absolute atomic E-state index is 0.00616. The maximum Gasteiger partial charge on any atom is 0.230 e. The van der Waals surface area contributed by atoms with Crippen LogP contribution in [0.4, 0.5) is 0 Å². The van der Waals surface area contributed by atoms with E-state index in [0.29, 0.717) is 26.9 Å². The van der Waals surface area contributed by atoms with Gasteiger partial charge in [0.1, 0.15) is 12.0 Å². The zero-order valence-electron chi connectivity index (χ0n) is 16.4. The number of aromatic hydroxyl groups is 1. The number of benzene rings is 2. The second kappa shape index (κ2) is 7.78. The van der Waals surface area contributed by atoms with Gasteiger partial charge >= 0.3 is 0 Å². The molecule has 0 spiro atoms. The molecule has 2 aromatic heterocycles. The normalized spacial score (nSPS) is 11.7. The van der Waals surface area contributed by atoms with E-state index in [9.17, 15) is 9.90 Å². The van der Waals surface area contributed by atoms with Gasteiger partial charge in [-0.05, 0) is 29.8 Å². The number of aldehydes is 1. The van der Waals surface area contributed by atoms with Crippen LogP contribution in [0.25, 0.3) is 33.5 Å². The van der Waals surface area contributed by atoms with Crippen molar-refractivity contribution in [3.05, 3.63) is 70.4 Å². The summed E-state index contributed by atoms with van der Waals surface area (Å²) in [5.41, 5.74) is 2.65. The van der Waals surface area contributed by atoms with Crippen molar-refractivity contribution in [3.63, 3.8) is 0 Å². The van der Waals surface area contributed by atoms with Crippen LogP contribution in [-0.4, -0.2) is 16.4 Å². The van der Waals surface area contributed by atoms with Crippen molar-refractivity contribution in [1.82, 2.24) is 4.98 Å². The van der Waals surface area contributed by atoms with Gasteiger partial charge in [0.15, 0.2) is 5.75 Å². The molecule has 0 aliphatic heterocycles. The van der Waals surface area contributed by atoms with Crippen molar-refractivity contribution in [1.29, 1.82) is 0 Å². The van der Waals surface area contributed by atoms with E-state index in [1.807, 2.05) is 36.4 Å². The molecule has 1 N–H and O–H groups in total. The van der Waals surface area contributed by atoms with Crippen LogP contribution in [-0.2, 0) is 11.2 Å². The van der Waals surface area contributed by atoms with Crippen LogP contribution in [0.1, 0.15) is 19.6 Å². The molecule has 4 rings (SSSR count). The fourth-order valence-corrected chi connectivity index (χ4v) is 3.69. The van der Waals surface area contributed by atoms with E-state index in [4.69, 9.17) is 32.6 Å². The van der Waals surface area contributed by atoms with Crippen LogP contribution in [0.3, 0.4) is 0 Å². The van der Waals surface area contributed by atoms with Crippen molar-refractivity contribution in [2.45, 2.75) is 20.3 Å². The summed E-state index contributed by atoms with van der Waals surface area (Å²) in [4.78, 5) is 16.0. The van der Waals surface area contributed by atoms with Crippen LogP contribution in [0.15, 0.2) is 59.0 Å². The summed E-state index contributed by atoms with van der Waals surface area (Å²) in [7, 11) is 0. The van der Waals surface area contributed by atoms with Gasteiger partial charge in [0, 0.05) is 33.0 Å². The Labute approximate surface area is 184 Å². The van der Waals surface area contributed by atoms with Gasteiger partial charge < -0.3 is 14.3 Å². The van der Waals surface area contributed by atoms with E-state index in [0.717, 1.165) is 23.0 Å². The van der Waals surface area contributed by atoms with Crippen molar-refractivity contribution in [3.8, 4) is 28.1 Å². The number of aromatic nitrogens is 1. The maximum atomic E-state index is 11.3. The Balaban J connectivity index is 1.98. The first-order valence-corrected chi connectivity index (χ1v) is 10.2. The smallest absolute Gasteiger partial charge is 0.230 e. The number of hydrogen-bond donors (Lipinski definition) is 1. The highest BCUT2D eigenvalue weighted by atomic mass is 35.5. The van der Waals surface area contributed by atoms with Crippen molar-refractivity contribution in [2.24, 2.45) is 5.41 Å². The van der Waals surface area contributed by atoms with Gasteiger partial charge in [-0.2, -0.15) is 0 Å². The van der Waals surface area contributed by atoms with Gasteiger partial charge in [-0.25, -0.2) is 4.98 Å². The summed E-state index contributed by atoms with van der Waals surface area (Å²) in [5.74, 6) is 0.321. The second-order valence-corrected chi connectivity index (χ2v) is 8.72. The molecular weight excluding hydrogens is 421 g/mol. The maximum absolute atomic E-state index is 11.3. The third-order valence-electron chi connectivity index (χ3n) is 4.95. The Morgan fingerprint density at radius 1 is 1.07 bits per heavy atom. The summed E-state index contributed by atoms with van der Waals surface area (Å²) >= 11 is 12.5. The van der Waals surface area contributed by atoms with Crippen LogP contribution in [0.5, 0.6) is 5.75 Å². The SMILES string of the molecule is CC(C)(C=O)Cc1oc2nc(-c3ccccc3Cl)c(-c3ccc(Cl)cc3)cc2c1O. The van der Waals surface area contributed by atoms with E-state index in [2.05, 4.69) is 0 Å². The molecule has 0 aliphatic rings. The third kappa shape index (κ3) is 3.81. The lowest BCUT2D eigenvalue weighted by atomic mass is 9.90. The van der Waals surface area contributed by atoms with E-state index in [1.54, 1.807) is 32.0 Å². The fraction of sp³-hybridized carbons (Fsp3) is 0.167. The minimum Gasteiger partial charge on any atom is -0.504 e. The van der Waals surface area contributed by atoms with Crippen molar-refractivity contribution < 1.29 is 14.3 Å². The van der Waals surface area contributed by atoms with Crippen molar-refractivity contribution >= 4 is 40.6 Å². The molecule has 0 saturated carbocycles. The molecule has 0 fully saturated rings. The molecule has 2 heterocycles. The largest absolute Gasteiger partial charge is 0.504 e. The number of pyridine rings is 1. The number of furan rings is 1. The molecule has 152 valence electrons. The van der Waals surface area contributed by atoms with Gasteiger partial charge in [0.2, 0.25) is 5.71 Å². The fourth-order valence-electron chi connectivity index (χ4n) is 3.34. The number of fused-ring (bicyclic) bond motifs is 1. The number of rotatable bonds is 5. The minimum atomic E-state index is -0.671. The summed E-state index contributed by atoms with van der Waals surface area (Å²) in [6, 6.07) is 16.6. The number of carbonyl (C=O) groups is 1. The predicted octanol–water partition coefficient (Wildman–Crippen LogP) is 6.94. The molecule has 0 saturated heterocycles. The quantitative estimate of drug-likeness (QED) is 0.342. The number of nitrogens with zero attached hydrogens (tertiary/aromatic N) is 1. The lowest BCUT2D eigenvalue weighted by Gasteiger charge is -2.14. The summed E-state index contributed by atoms with van der Waals surface area (Å²) in [6.45, 7) is 3.57. The van der Waals surface area contributed by atoms with Gasteiger partial charge in [0.25, 0.3) is 0 Å². The molecule has 0 amide bonds. The van der Waals surface area contributed by atoms with E-state index in [-0.39, 0.29) is 17.9 Å². The van der Waals surface area contributed by atoms with E-state index in [1.165, 1.54) is 0 Å². The summed E-state index contributed by atoms with van der Waals surface area (Å²) < 4.78 is 5.86. The van der Waals surface area contributed by atoms with E-state index >= 15 is 0 Å². The lowest BCUT2D eigenvalue weighted by Crippen LogP contribution is -2.15. The summed E-state index contributed by atoms with van der Waals surface area (Å²) in [5, 5.41) is 12.4. The molecule has 30 heavy (non-hydrogen) atoms. The zero-order valence-corrected chi connectivity index (χ0v) is 18.0. The highest BCUT2D eigenvalue weighted by molar-refractivity contribution is 6.33. The Bertz CT molecular complexity index is 1240. The molecule has 2 aromatic carbocycles. The van der Waals surface area contributed by atoms with Crippen LogP contribution in [0, 0.1) is 5.41 Å². The monoisotopic (exact) mass is 439 g/mol. The van der Waals surface area contributed by atoms with Gasteiger partial charge in [0.05, 0.1) is 11.1 Å². The molecule has 4 aromatic rings. The second-order valence-electron chi connectivity index (χ2n) is 7.88. The molecular formula is C24H19Cl2NO3. The molecule has 0 atom stereocenters. The van der Waals surface area contributed by atoms with Crippen molar-refractivity contribution in [2.75, 3.05) is 0 Å². The third-order valence-corrected chi connectivity index (χ3v) is 5.53. The number of hydrogen-bond acceptors (Lipinski definition) is 4. The highest BCUT2D eigenvalue weighted by Crippen LogP contribution is 2.41. The first-order valence-electron chi connectivity index (χ1n) is 9.41. The Morgan fingerprint density at radius 3 is 2.43 bits per heavy atom. The molecule has 6 heteroatoms. The van der Waals surface area contributed by atoms with Crippen LogP contribution >= 0.6 is 23.2 Å². The van der Waals surface area contributed by atoms with Gasteiger partial charge in [-0.1, -0.05) is 67.4 Å². The average molecular weight is 440 g/mol. The number of halogens is 2. The highest BCUT2D eigenvalue weighted by Gasteiger charge is 2.25. The standard InChI is InChI=1S/C24H19Cl2NO3/c1-24(2,13-28)12-20-22(29)18-11-17(14-7-9-15(25)10-8-14)21(27-23(18)30-20)16-5-3-4-6-19(16)26/h3-11,13,29H,12H2,1-2H3. The molecule has 0 radical (unpaired) electrons. The lowest BCUT2D eigenvalue weighted by molar-refractivity contribution is -0.114. The Hall–Kier alpha value is -2.82.